The van der Waals surface area contributed by atoms with E-state index in [-0.39, 0.29) is 11.0 Å². The molecule has 1 saturated carbocycles. The van der Waals surface area contributed by atoms with Crippen molar-refractivity contribution in [1.29, 1.82) is 0 Å². The second-order valence-corrected chi connectivity index (χ2v) is 6.13. The van der Waals surface area contributed by atoms with Gasteiger partial charge in [0, 0.05) is 11.0 Å². The van der Waals surface area contributed by atoms with Crippen LogP contribution in [0.25, 0.3) is 11.3 Å². The van der Waals surface area contributed by atoms with Crippen LogP contribution in [0.2, 0.25) is 0 Å². The minimum Gasteiger partial charge on any atom is -0.313 e. The SMILES string of the molecule is O=c1[nH]cnc2c1C1(CCCCC1)Cc1ccccc1-2. The number of rotatable bonds is 0. The number of aromatic nitrogens is 2. The molecule has 102 valence electrons. The summed E-state index contributed by atoms with van der Waals surface area (Å²) in [7, 11) is 0. The Bertz CT molecular complexity index is 711. The molecule has 0 amide bonds. The lowest BCUT2D eigenvalue weighted by molar-refractivity contribution is 0.285. The van der Waals surface area contributed by atoms with Gasteiger partial charge in [-0.25, -0.2) is 4.98 Å². The van der Waals surface area contributed by atoms with E-state index in [0.29, 0.717) is 0 Å². The van der Waals surface area contributed by atoms with Crippen LogP contribution in [0, 0.1) is 0 Å². The van der Waals surface area contributed by atoms with Crippen LogP contribution in [0.15, 0.2) is 35.4 Å². The predicted molar refractivity (Wildman–Crippen MR) is 78.8 cm³/mol. The zero-order valence-corrected chi connectivity index (χ0v) is 11.5. The minimum absolute atomic E-state index is 0.0176. The summed E-state index contributed by atoms with van der Waals surface area (Å²) in [6, 6.07) is 8.41. The van der Waals surface area contributed by atoms with Gasteiger partial charge in [0.1, 0.15) is 0 Å². The molecule has 2 aliphatic rings. The molecule has 3 nitrogen and oxygen atoms in total. The van der Waals surface area contributed by atoms with Crippen LogP contribution in [0.5, 0.6) is 0 Å². The third kappa shape index (κ3) is 1.59. The van der Waals surface area contributed by atoms with Crippen molar-refractivity contribution >= 4 is 0 Å². The molecule has 2 aliphatic carbocycles. The molecular weight excluding hydrogens is 248 g/mol. The Hall–Kier alpha value is -1.90. The van der Waals surface area contributed by atoms with Gasteiger partial charge in [-0.1, -0.05) is 43.5 Å². The quantitative estimate of drug-likeness (QED) is 0.796. The van der Waals surface area contributed by atoms with Gasteiger partial charge in [0.05, 0.1) is 17.6 Å². The fourth-order valence-electron chi connectivity index (χ4n) is 4.11. The first-order valence-corrected chi connectivity index (χ1v) is 7.47. The summed E-state index contributed by atoms with van der Waals surface area (Å²) in [5.41, 5.74) is 4.43. The van der Waals surface area contributed by atoms with Crippen molar-refractivity contribution in [2.75, 3.05) is 0 Å². The highest BCUT2D eigenvalue weighted by Gasteiger charge is 2.42. The molecule has 2 aromatic rings. The Morgan fingerprint density at radius 3 is 2.75 bits per heavy atom. The van der Waals surface area contributed by atoms with Crippen LogP contribution in [0.4, 0.5) is 0 Å². The van der Waals surface area contributed by atoms with Crippen molar-refractivity contribution in [1.82, 2.24) is 9.97 Å². The molecule has 1 spiro atoms. The van der Waals surface area contributed by atoms with E-state index in [1.807, 2.05) is 6.07 Å². The summed E-state index contributed by atoms with van der Waals surface area (Å²) in [6.07, 6.45) is 8.49. The van der Waals surface area contributed by atoms with Crippen molar-refractivity contribution in [3.63, 3.8) is 0 Å². The maximum absolute atomic E-state index is 12.5. The summed E-state index contributed by atoms with van der Waals surface area (Å²) >= 11 is 0. The average Bonchev–Trinajstić information content (AvgIpc) is 2.48. The van der Waals surface area contributed by atoms with Gasteiger partial charge in [-0.2, -0.15) is 0 Å². The molecule has 1 aromatic carbocycles. The number of fused-ring (bicyclic) bond motifs is 4. The van der Waals surface area contributed by atoms with Crippen LogP contribution < -0.4 is 5.56 Å². The molecule has 0 radical (unpaired) electrons. The minimum atomic E-state index is 0.0176. The van der Waals surface area contributed by atoms with E-state index >= 15 is 0 Å². The van der Waals surface area contributed by atoms with Crippen molar-refractivity contribution in [2.24, 2.45) is 0 Å². The lowest BCUT2D eigenvalue weighted by Crippen LogP contribution is -2.40. The molecule has 0 bridgehead atoms. The Labute approximate surface area is 118 Å². The van der Waals surface area contributed by atoms with Gasteiger partial charge in [-0.3, -0.25) is 4.79 Å². The number of H-pyrrole nitrogens is 1. The molecule has 1 N–H and O–H groups in total. The third-order valence-corrected chi connectivity index (χ3v) is 5.00. The van der Waals surface area contributed by atoms with Gasteiger partial charge in [-0.05, 0) is 24.8 Å². The Kier molecular flexibility index (Phi) is 2.56. The Balaban J connectivity index is 2.02. The first-order chi connectivity index (χ1) is 9.80. The van der Waals surface area contributed by atoms with Gasteiger partial charge in [0.15, 0.2) is 0 Å². The maximum Gasteiger partial charge on any atom is 0.255 e. The van der Waals surface area contributed by atoms with E-state index in [4.69, 9.17) is 0 Å². The van der Waals surface area contributed by atoms with Crippen LogP contribution in [0.3, 0.4) is 0 Å². The molecule has 0 saturated heterocycles. The topological polar surface area (TPSA) is 45.8 Å². The molecule has 20 heavy (non-hydrogen) atoms. The Morgan fingerprint density at radius 2 is 1.90 bits per heavy atom. The first-order valence-electron chi connectivity index (χ1n) is 7.47. The zero-order chi connectivity index (χ0) is 13.6. The highest BCUT2D eigenvalue weighted by molar-refractivity contribution is 5.71. The molecule has 1 fully saturated rings. The number of hydrogen-bond donors (Lipinski definition) is 1. The van der Waals surface area contributed by atoms with Gasteiger partial charge in [-0.15, -0.1) is 0 Å². The number of nitrogens with zero attached hydrogens (tertiary/aromatic N) is 1. The van der Waals surface area contributed by atoms with E-state index in [0.717, 1.165) is 36.1 Å². The van der Waals surface area contributed by atoms with Crippen LogP contribution in [-0.4, -0.2) is 9.97 Å². The summed E-state index contributed by atoms with van der Waals surface area (Å²) in [5.74, 6) is 0. The number of hydrogen-bond acceptors (Lipinski definition) is 2. The van der Waals surface area contributed by atoms with E-state index in [2.05, 4.69) is 28.2 Å². The van der Waals surface area contributed by atoms with Gasteiger partial charge in [0.25, 0.3) is 5.56 Å². The normalized spacial score (nSPS) is 19.4. The van der Waals surface area contributed by atoms with Crippen molar-refractivity contribution in [3.05, 3.63) is 52.1 Å². The first kappa shape index (κ1) is 11.9. The molecular formula is C17H18N2O. The summed E-state index contributed by atoms with van der Waals surface area (Å²) in [6.45, 7) is 0. The van der Waals surface area contributed by atoms with Gasteiger partial charge in [0.2, 0.25) is 0 Å². The zero-order valence-electron chi connectivity index (χ0n) is 11.5. The molecule has 4 rings (SSSR count). The average molecular weight is 266 g/mol. The summed E-state index contributed by atoms with van der Waals surface area (Å²) in [5, 5.41) is 0. The molecule has 1 heterocycles. The lowest BCUT2D eigenvalue weighted by atomic mass is 9.62. The second kappa shape index (κ2) is 4.30. The molecule has 1 aromatic heterocycles. The van der Waals surface area contributed by atoms with Crippen molar-refractivity contribution in [2.45, 2.75) is 43.9 Å². The largest absolute Gasteiger partial charge is 0.313 e. The van der Waals surface area contributed by atoms with Gasteiger partial charge < -0.3 is 4.98 Å². The van der Waals surface area contributed by atoms with Crippen LogP contribution in [-0.2, 0) is 11.8 Å². The monoisotopic (exact) mass is 266 g/mol. The third-order valence-electron chi connectivity index (χ3n) is 5.00. The van der Waals surface area contributed by atoms with Crippen LogP contribution in [0.1, 0.15) is 43.2 Å². The van der Waals surface area contributed by atoms with E-state index < -0.39 is 0 Å². The summed E-state index contributed by atoms with van der Waals surface area (Å²) < 4.78 is 0. The second-order valence-electron chi connectivity index (χ2n) is 6.13. The number of nitrogens with one attached hydrogen (secondary N) is 1. The fraction of sp³-hybridized carbons (Fsp3) is 0.412. The molecule has 0 atom stereocenters. The number of benzene rings is 1. The standard InChI is InChI=1S/C17H18N2O/c20-16-14-15(18-11-19-16)13-7-3-2-6-12(13)10-17(14)8-4-1-5-9-17/h2-3,6-7,11H,1,4-5,8-10H2,(H,18,19,20). The molecule has 0 aliphatic heterocycles. The maximum atomic E-state index is 12.5. The summed E-state index contributed by atoms with van der Waals surface area (Å²) in [4.78, 5) is 19.8. The lowest BCUT2D eigenvalue weighted by Gasteiger charge is -2.41. The van der Waals surface area contributed by atoms with Crippen molar-refractivity contribution < 1.29 is 0 Å². The van der Waals surface area contributed by atoms with E-state index in [1.54, 1.807) is 6.33 Å². The van der Waals surface area contributed by atoms with Crippen molar-refractivity contribution in [3.8, 4) is 11.3 Å². The number of aromatic amines is 1. The highest BCUT2D eigenvalue weighted by atomic mass is 16.1. The molecule has 0 unspecified atom stereocenters. The van der Waals surface area contributed by atoms with E-state index in [1.165, 1.54) is 24.8 Å². The fourth-order valence-corrected chi connectivity index (χ4v) is 4.11. The Morgan fingerprint density at radius 1 is 1.10 bits per heavy atom. The smallest absolute Gasteiger partial charge is 0.255 e. The molecule has 3 heteroatoms. The van der Waals surface area contributed by atoms with E-state index in [9.17, 15) is 4.79 Å². The van der Waals surface area contributed by atoms with Gasteiger partial charge >= 0.3 is 0 Å². The predicted octanol–water partition coefficient (Wildman–Crippen LogP) is 3.19. The highest BCUT2D eigenvalue weighted by Crippen LogP contribution is 2.48. The van der Waals surface area contributed by atoms with Crippen LogP contribution >= 0.6 is 0 Å².